The zero-order chi connectivity index (χ0) is 19.7. The molecule has 28 heavy (non-hydrogen) atoms. The Hall–Kier alpha value is -2.23. The highest BCUT2D eigenvalue weighted by molar-refractivity contribution is 7.90. The van der Waals surface area contributed by atoms with Gasteiger partial charge in [-0.15, -0.1) is 15.7 Å². The second kappa shape index (κ2) is 7.65. The van der Waals surface area contributed by atoms with Gasteiger partial charge in [-0.25, -0.2) is 0 Å². The third kappa shape index (κ3) is 3.82. The van der Waals surface area contributed by atoms with E-state index in [0.29, 0.717) is 11.4 Å². The van der Waals surface area contributed by atoms with E-state index in [2.05, 4.69) is 21.9 Å². The van der Waals surface area contributed by atoms with Gasteiger partial charge in [0, 0.05) is 12.6 Å². The zero-order valence-electron chi connectivity index (χ0n) is 15.7. The number of likely N-dealkylation sites (N-methyl/N-ethyl adjacent to an activating group) is 1. The van der Waals surface area contributed by atoms with Gasteiger partial charge in [-0.05, 0) is 23.6 Å². The minimum absolute atomic E-state index is 0.00199. The molecular formula is C19H23N4O3S2+. The summed E-state index contributed by atoms with van der Waals surface area (Å²) in [7, 11) is -1.96. The number of benzene rings is 1. The zero-order valence-corrected chi connectivity index (χ0v) is 17.3. The molecular weight excluding hydrogens is 396 g/mol. The number of nitrogens with zero attached hydrogens (tertiary/aromatic N) is 3. The lowest BCUT2D eigenvalue weighted by molar-refractivity contribution is -0.917. The largest absolute Gasteiger partial charge is 0.349 e. The number of quaternary nitrogens is 1. The molecule has 7 nitrogen and oxygen atoms in total. The van der Waals surface area contributed by atoms with Crippen molar-refractivity contribution in [3.8, 4) is 0 Å². The molecule has 9 heteroatoms. The number of rotatable bonds is 4. The van der Waals surface area contributed by atoms with E-state index < -0.39 is 10.0 Å². The first-order valence-corrected chi connectivity index (χ1v) is 11.6. The lowest BCUT2D eigenvalue weighted by Gasteiger charge is -2.33. The summed E-state index contributed by atoms with van der Waals surface area (Å²) in [5, 5.41) is 2.09. The first-order valence-electron chi connectivity index (χ1n) is 9.23. The van der Waals surface area contributed by atoms with Gasteiger partial charge in [0.2, 0.25) is 5.91 Å². The van der Waals surface area contributed by atoms with E-state index in [-0.39, 0.29) is 17.3 Å². The minimum Gasteiger partial charge on any atom is -0.349 e. The molecule has 0 spiro atoms. The highest BCUT2D eigenvalue weighted by Crippen LogP contribution is 2.26. The quantitative estimate of drug-likeness (QED) is 0.760. The van der Waals surface area contributed by atoms with Crippen LogP contribution in [0.2, 0.25) is 0 Å². The molecule has 0 atom stereocenters. The van der Waals surface area contributed by atoms with Crippen LogP contribution in [0.15, 0.2) is 51.1 Å². The van der Waals surface area contributed by atoms with Crippen molar-refractivity contribution < 1.29 is 18.1 Å². The molecule has 2 aliphatic heterocycles. The van der Waals surface area contributed by atoms with Crippen LogP contribution < -0.4 is 4.90 Å². The van der Waals surface area contributed by atoms with Crippen molar-refractivity contribution in [1.82, 2.24) is 9.80 Å². The summed E-state index contributed by atoms with van der Waals surface area (Å²) < 4.78 is 28.3. The van der Waals surface area contributed by atoms with Crippen LogP contribution in [-0.2, 0) is 21.4 Å². The van der Waals surface area contributed by atoms with Gasteiger partial charge in [0.1, 0.15) is 11.4 Å². The maximum absolute atomic E-state index is 12.7. The predicted octanol–water partition coefficient (Wildman–Crippen LogP) is 0.0561. The number of hydrogen-bond acceptors (Lipinski definition) is 5. The third-order valence-corrected chi connectivity index (χ3v) is 7.38. The number of piperazine rings is 1. The molecule has 0 unspecified atom stereocenters. The molecule has 1 saturated heterocycles. The molecule has 4 rings (SSSR count). The average Bonchev–Trinajstić information content (AvgIpc) is 3.28. The van der Waals surface area contributed by atoms with Gasteiger partial charge >= 0.3 is 0 Å². The Balaban J connectivity index is 1.36. The van der Waals surface area contributed by atoms with Crippen molar-refractivity contribution in [3.05, 3.63) is 52.2 Å². The van der Waals surface area contributed by atoms with Crippen LogP contribution in [0, 0.1) is 0 Å². The van der Waals surface area contributed by atoms with E-state index in [0.717, 1.165) is 32.7 Å². The highest BCUT2D eigenvalue weighted by atomic mass is 32.2. The molecule has 0 saturated carbocycles. The van der Waals surface area contributed by atoms with Gasteiger partial charge in [0.25, 0.3) is 10.0 Å². The molecule has 1 aromatic carbocycles. The van der Waals surface area contributed by atoms with Gasteiger partial charge < -0.3 is 14.7 Å². The summed E-state index contributed by atoms with van der Waals surface area (Å²) in [6.07, 6.45) is 0. The van der Waals surface area contributed by atoms with E-state index in [1.165, 1.54) is 9.78 Å². The summed E-state index contributed by atoms with van der Waals surface area (Å²) in [5.41, 5.74) is 0.558. The summed E-state index contributed by atoms with van der Waals surface area (Å²) in [5.74, 6) is 0.341. The molecule has 2 aromatic rings. The Bertz CT molecular complexity index is 994. The second-order valence-electron chi connectivity index (χ2n) is 7.13. The molecule has 0 aliphatic carbocycles. The normalized spacial score (nSPS) is 18.6. The van der Waals surface area contributed by atoms with Crippen LogP contribution in [-0.4, -0.2) is 69.7 Å². The predicted molar refractivity (Wildman–Crippen MR) is 108 cm³/mol. The van der Waals surface area contributed by atoms with Crippen LogP contribution in [0.5, 0.6) is 0 Å². The first-order chi connectivity index (χ1) is 13.4. The fourth-order valence-electron chi connectivity index (χ4n) is 3.65. The molecule has 0 radical (unpaired) electrons. The number of thiophene rings is 1. The standard InChI is InChI=1S/C19H22N4O3S2/c1-21(19-16-6-2-3-7-17(16)28(25,26)20-19)14-18(24)23-10-8-22(9-11-23)13-15-5-4-12-27-15/h2-7,12H,8-11,13-14H2,1H3/p+1. The lowest BCUT2D eigenvalue weighted by Crippen LogP contribution is -3.13. The highest BCUT2D eigenvalue weighted by Gasteiger charge is 2.32. The fraction of sp³-hybridized carbons (Fsp3) is 0.368. The Morgan fingerprint density at radius 3 is 2.68 bits per heavy atom. The summed E-state index contributed by atoms with van der Waals surface area (Å²) in [6.45, 7) is 4.40. The van der Waals surface area contributed by atoms with Crippen LogP contribution in [0.3, 0.4) is 0 Å². The number of carbonyl (C=O) groups is 1. The summed E-state index contributed by atoms with van der Waals surface area (Å²) in [6, 6.07) is 11.0. The molecule has 1 amide bonds. The van der Waals surface area contributed by atoms with E-state index in [9.17, 15) is 13.2 Å². The van der Waals surface area contributed by atoms with Crippen molar-refractivity contribution in [1.29, 1.82) is 0 Å². The number of carbonyl (C=O) groups excluding carboxylic acids is 1. The maximum atomic E-state index is 12.7. The Morgan fingerprint density at radius 1 is 1.21 bits per heavy atom. The number of amides is 1. The number of fused-ring (bicyclic) bond motifs is 1. The fourth-order valence-corrected chi connectivity index (χ4v) is 5.68. The lowest BCUT2D eigenvalue weighted by atomic mass is 10.2. The van der Waals surface area contributed by atoms with Gasteiger partial charge in [-0.1, -0.05) is 18.2 Å². The van der Waals surface area contributed by atoms with Gasteiger partial charge in [-0.3, -0.25) is 4.79 Å². The third-order valence-electron chi connectivity index (χ3n) is 5.17. The number of sulfonamides is 1. The van der Waals surface area contributed by atoms with Gasteiger partial charge in [-0.2, -0.15) is 8.42 Å². The van der Waals surface area contributed by atoms with Crippen molar-refractivity contribution >= 4 is 33.1 Å². The first kappa shape index (κ1) is 19.1. The molecule has 0 bridgehead atoms. The van der Waals surface area contributed by atoms with Gasteiger partial charge in [0.15, 0.2) is 5.84 Å². The second-order valence-corrected chi connectivity index (χ2v) is 9.73. The van der Waals surface area contributed by atoms with Crippen LogP contribution in [0.1, 0.15) is 10.4 Å². The Labute approximate surface area is 168 Å². The number of nitrogens with one attached hydrogen (secondary N) is 1. The van der Waals surface area contributed by atoms with E-state index >= 15 is 0 Å². The minimum atomic E-state index is -3.67. The SMILES string of the molecule is CN(CC(=O)N1CC[NH+](Cc2cccs2)CC1)C1=NS(=O)(=O)c2ccccc21. The van der Waals surface area contributed by atoms with E-state index in [1.807, 2.05) is 4.90 Å². The smallest absolute Gasteiger partial charge is 0.285 e. The average molecular weight is 420 g/mol. The molecule has 1 fully saturated rings. The number of amidine groups is 1. The van der Waals surface area contributed by atoms with Crippen LogP contribution in [0.4, 0.5) is 0 Å². The Kier molecular flexibility index (Phi) is 5.22. The molecule has 3 heterocycles. The monoisotopic (exact) mass is 419 g/mol. The maximum Gasteiger partial charge on any atom is 0.285 e. The van der Waals surface area contributed by atoms with Crippen molar-refractivity contribution in [3.63, 3.8) is 0 Å². The van der Waals surface area contributed by atoms with E-state index in [1.54, 1.807) is 47.5 Å². The van der Waals surface area contributed by atoms with Crippen LogP contribution >= 0.6 is 11.3 Å². The van der Waals surface area contributed by atoms with E-state index in [4.69, 9.17) is 0 Å². The number of hydrogen-bond donors (Lipinski definition) is 1. The summed E-state index contributed by atoms with van der Waals surface area (Å²) in [4.78, 5) is 19.3. The molecule has 2 aliphatic rings. The van der Waals surface area contributed by atoms with Crippen molar-refractivity contribution in [2.75, 3.05) is 39.8 Å². The van der Waals surface area contributed by atoms with Crippen molar-refractivity contribution in [2.24, 2.45) is 4.40 Å². The van der Waals surface area contributed by atoms with Gasteiger partial charge in [0.05, 0.1) is 37.6 Å². The topological polar surface area (TPSA) is 74.5 Å². The molecule has 148 valence electrons. The van der Waals surface area contributed by atoms with Crippen LogP contribution in [0.25, 0.3) is 0 Å². The van der Waals surface area contributed by atoms with Crippen molar-refractivity contribution in [2.45, 2.75) is 11.4 Å². The Morgan fingerprint density at radius 2 is 1.96 bits per heavy atom. The summed E-state index contributed by atoms with van der Waals surface area (Å²) >= 11 is 1.77. The molecule has 1 aromatic heterocycles. The molecule has 1 N–H and O–H groups in total.